The molecule has 20 heavy (non-hydrogen) atoms. The van der Waals surface area contributed by atoms with Crippen LogP contribution in [0, 0.1) is 0 Å². The second-order valence-corrected chi connectivity index (χ2v) is 3.87. The minimum absolute atomic E-state index is 0.0217. The van der Waals surface area contributed by atoms with E-state index in [9.17, 15) is 18.0 Å². The van der Waals surface area contributed by atoms with Crippen molar-refractivity contribution < 1.29 is 27.4 Å². The van der Waals surface area contributed by atoms with Gasteiger partial charge in [-0.2, -0.15) is 0 Å². The van der Waals surface area contributed by atoms with E-state index in [1.54, 1.807) is 0 Å². The molecule has 0 bridgehead atoms. The highest BCUT2D eigenvalue weighted by Gasteiger charge is 2.33. The zero-order chi connectivity index (χ0) is 15.2. The van der Waals surface area contributed by atoms with Gasteiger partial charge in [0.1, 0.15) is 11.8 Å². The molecule has 8 heteroatoms. The Kier molecular flexibility index (Phi) is 5.78. The summed E-state index contributed by atoms with van der Waals surface area (Å²) in [5.41, 5.74) is 5.23. The number of primary amides is 1. The van der Waals surface area contributed by atoms with Gasteiger partial charge in [-0.05, 0) is 6.07 Å². The number of hydrogen-bond donors (Lipinski definition) is 2. The number of alkyl halides is 3. The van der Waals surface area contributed by atoms with Crippen molar-refractivity contribution in [1.82, 2.24) is 5.32 Å². The molecule has 3 N–H and O–H groups in total. The van der Waals surface area contributed by atoms with Gasteiger partial charge in [-0.15, -0.1) is 13.2 Å². The van der Waals surface area contributed by atoms with E-state index in [-0.39, 0.29) is 18.7 Å². The molecule has 1 unspecified atom stereocenters. The number of carbonyl (C=O) groups is 1. The van der Waals surface area contributed by atoms with Crippen LogP contribution in [0.5, 0.6) is 5.75 Å². The van der Waals surface area contributed by atoms with Crippen LogP contribution in [0.3, 0.4) is 0 Å². The molecule has 0 aromatic heterocycles. The Morgan fingerprint density at radius 2 is 2.05 bits per heavy atom. The van der Waals surface area contributed by atoms with Crippen molar-refractivity contribution in [1.29, 1.82) is 0 Å². The predicted molar refractivity (Wildman–Crippen MR) is 64.9 cm³/mol. The number of ether oxygens (including phenoxy) is 2. The Balaban J connectivity index is 2.98. The molecule has 0 aliphatic heterocycles. The molecule has 112 valence electrons. The summed E-state index contributed by atoms with van der Waals surface area (Å²) in [6.07, 6.45) is -4.84. The maximum absolute atomic E-state index is 12.3. The monoisotopic (exact) mass is 292 g/mol. The molecule has 5 nitrogen and oxygen atoms in total. The fraction of sp³-hybridized carbons (Fsp3) is 0.417. The summed E-state index contributed by atoms with van der Waals surface area (Å²) >= 11 is 0. The largest absolute Gasteiger partial charge is 0.573 e. The van der Waals surface area contributed by atoms with Crippen LogP contribution in [-0.2, 0) is 9.53 Å². The Bertz CT molecular complexity index is 452. The fourth-order valence-electron chi connectivity index (χ4n) is 1.61. The fourth-order valence-corrected chi connectivity index (χ4v) is 1.61. The summed E-state index contributed by atoms with van der Waals surface area (Å²) in [4.78, 5) is 11.4. The molecular weight excluding hydrogens is 277 g/mol. The van der Waals surface area contributed by atoms with E-state index in [0.717, 1.165) is 6.07 Å². The van der Waals surface area contributed by atoms with Gasteiger partial charge < -0.3 is 15.2 Å². The van der Waals surface area contributed by atoms with Crippen LogP contribution >= 0.6 is 0 Å². The van der Waals surface area contributed by atoms with E-state index in [0.29, 0.717) is 0 Å². The van der Waals surface area contributed by atoms with Crippen molar-refractivity contribution in [3.63, 3.8) is 0 Å². The quantitative estimate of drug-likeness (QED) is 0.744. The lowest BCUT2D eigenvalue weighted by atomic mass is 10.1. The van der Waals surface area contributed by atoms with E-state index < -0.39 is 24.1 Å². The zero-order valence-corrected chi connectivity index (χ0v) is 10.7. The van der Waals surface area contributed by atoms with Crippen LogP contribution in [0.2, 0.25) is 0 Å². The average Bonchev–Trinajstić information content (AvgIpc) is 2.34. The number of methoxy groups -OCH3 is 1. The second-order valence-electron chi connectivity index (χ2n) is 3.87. The lowest BCUT2D eigenvalue weighted by molar-refractivity contribution is -0.275. The predicted octanol–water partition coefficient (Wildman–Crippen LogP) is 1.35. The molecule has 1 amide bonds. The lowest BCUT2D eigenvalue weighted by Gasteiger charge is -2.19. The van der Waals surface area contributed by atoms with Gasteiger partial charge in [0, 0.05) is 19.2 Å². The summed E-state index contributed by atoms with van der Waals surface area (Å²) in [5.74, 6) is -1.27. The number of rotatable bonds is 7. The highest BCUT2D eigenvalue weighted by molar-refractivity contribution is 5.82. The Morgan fingerprint density at radius 1 is 1.40 bits per heavy atom. The first-order chi connectivity index (χ1) is 9.35. The maximum atomic E-state index is 12.3. The zero-order valence-electron chi connectivity index (χ0n) is 10.7. The summed E-state index contributed by atoms with van der Waals surface area (Å²) in [7, 11) is 1.46. The second kappa shape index (κ2) is 7.11. The van der Waals surface area contributed by atoms with E-state index >= 15 is 0 Å². The molecule has 0 fully saturated rings. The molecule has 1 atom stereocenters. The van der Waals surface area contributed by atoms with Crippen molar-refractivity contribution in [2.45, 2.75) is 12.4 Å². The van der Waals surface area contributed by atoms with Crippen molar-refractivity contribution in [2.24, 2.45) is 5.73 Å². The molecule has 0 aliphatic carbocycles. The molecule has 0 spiro atoms. The third kappa shape index (κ3) is 5.06. The Morgan fingerprint density at radius 3 is 2.60 bits per heavy atom. The van der Waals surface area contributed by atoms with E-state index in [2.05, 4.69) is 10.1 Å². The molecule has 0 aliphatic rings. The van der Waals surface area contributed by atoms with Gasteiger partial charge in [0.25, 0.3) is 0 Å². The molecule has 0 radical (unpaired) electrons. The van der Waals surface area contributed by atoms with Gasteiger partial charge in [0.2, 0.25) is 5.91 Å². The number of para-hydroxylation sites is 1. The standard InChI is InChI=1S/C12H15F3N2O3/c1-19-7-6-17-10(11(16)18)8-4-2-3-5-9(8)20-12(13,14)15/h2-5,10,17H,6-7H2,1H3,(H2,16,18). The Hall–Kier alpha value is -1.80. The number of halogens is 3. The van der Waals surface area contributed by atoms with Gasteiger partial charge in [0.05, 0.1) is 6.61 Å². The lowest BCUT2D eigenvalue weighted by Crippen LogP contribution is -2.36. The third-order valence-corrected chi connectivity index (χ3v) is 2.39. The van der Waals surface area contributed by atoms with Gasteiger partial charge in [-0.3, -0.25) is 10.1 Å². The van der Waals surface area contributed by atoms with Gasteiger partial charge in [-0.1, -0.05) is 18.2 Å². The molecular formula is C12H15F3N2O3. The van der Waals surface area contributed by atoms with E-state index in [4.69, 9.17) is 10.5 Å². The topological polar surface area (TPSA) is 73.6 Å². The van der Waals surface area contributed by atoms with Crippen molar-refractivity contribution in [3.05, 3.63) is 29.8 Å². The van der Waals surface area contributed by atoms with Gasteiger partial charge in [-0.25, -0.2) is 0 Å². The molecule has 0 heterocycles. The number of nitrogens with two attached hydrogens (primary N) is 1. The van der Waals surface area contributed by atoms with E-state index in [1.807, 2.05) is 0 Å². The SMILES string of the molecule is COCCNC(C(N)=O)c1ccccc1OC(F)(F)F. The minimum atomic E-state index is -4.84. The first-order valence-corrected chi connectivity index (χ1v) is 5.71. The van der Waals surface area contributed by atoms with Gasteiger partial charge in [0.15, 0.2) is 0 Å². The number of hydrogen-bond acceptors (Lipinski definition) is 4. The minimum Gasteiger partial charge on any atom is -0.405 e. The highest BCUT2D eigenvalue weighted by Crippen LogP contribution is 2.30. The highest BCUT2D eigenvalue weighted by atomic mass is 19.4. The maximum Gasteiger partial charge on any atom is 0.573 e. The average molecular weight is 292 g/mol. The first kappa shape index (κ1) is 16.3. The molecule has 1 aromatic rings. The van der Waals surface area contributed by atoms with Crippen LogP contribution in [0.15, 0.2) is 24.3 Å². The third-order valence-electron chi connectivity index (χ3n) is 2.39. The number of benzene rings is 1. The van der Waals surface area contributed by atoms with E-state index in [1.165, 1.54) is 25.3 Å². The molecule has 0 saturated carbocycles. The molecule has 1 rings (SSSR count). The van der Waals surface area contributed by atoms with Crippen LogP contribution < -0.4 is 15.8 Å². The number of amides is 1. The van der Waals surface area contributed by atoms with Crippen LogP contribution in [0.4, 0.5) is 13.2 Å². The molecule has 0 saturated heterocycles. The smallest absolute Gasteiger partial charge is 0.405 e. The number of carbonyl (C=O) groups excluding carboxylic acids is 1. The summed E-state index contributed by atoms with van der Waals surface area (Å²) < 4.78 is 45.6. The summed E-state index contributed by atoms with van der Waals surface area (Å²) in [6, 6.07) is 4.24. The van der Waals surface area contributed by atoms with Crippen LogP contribution in [0.1, 0.15) is 11.6 Å². The first-order valence-electron chi connectivity index (χ1n) is 5.71. The number of nitrogens with one attached hydrogen (secondary N) is 1. The van der Waals surface area contributed by atoms with Gasteiger partial charge >= 0.3 is 6.36 Å². The summed E-state index contributed by atoms with van der Waals surface area (Å²) in [6.45, 7) is 0.538. The van der Waals surface area contributed by atoms with Crippen LogP contribution in [-0.4, -0.2) is 32.5 Å². The Labute approximate surface area is 113 Å². The molecule has 1 aromatic carbocycles. The van der Waals surface area contributed by atoms with Crippen molar-refractivity contribution >= 4 is 5.91 Å². The van der Waals surface area contributed by atoms with Crippen molar-refractivity contribution in [3.8, 4) is 5.75 Å². The summed E-state index contributed by atoms with van der Waals surface area (Å²) in [5, 5.41) is 2.72. The normalized spacial score (nSPS) is 13.0. The van der Waals surface area contributed by atoms with Crippen molar-refractivity contribution in [2.75, 3.05) is 20.3 Å². The van der Waals surface area contributed by atoms with Crippen LogP contribution in [0.25, 0.3) is 0 Å².